The van der Waals surface area contributed by atoms with Gasteiger partial charge in [0.15, 0.2) is 11.6 Å². The number of benzene rings is 1. The van der Waals surface area contributed by atoms with Crippen molar-refractivity contribution in [3.63, 3.8) is 0 Å². The summed E-state index contributed by atoms with van der Waals surface area (Å²) in [5.41, 5.74) is 1.98. The van der Waals surface area contributed by atoms with Crippen LogP contribution in [0.25, 0.3) is 11.4 Å². The van der Waals surface area contributed by atoms with Crippen LogP contribution in [0.15, 0.2) is 30.5 Å². The molecule has 0 amide bonds. The lowest BCUT2D eigenvalue weighted by Gasteiger charge is -2.05. The maximum absolute atomic E-state index is 11.3. The molecule has 0 unspecified atom stereocenters. The maximum atomic E-state index is 11.3. The van der Waals surface area contributed by atoms with E-state index in [2.05, 4.69) is 9.97 Å². The minimum Gasteiger partial charge on any atom is -0.294 e. The third-order valence-electron chi connectivity index (χ3n) is 2.47. The molecular formula is C13H11ClN2O. The summed E-state index contributed by atoms with van der Waals surface area (Å²) in [5, 5.41) is 0.600. The number of aryl methyl sites for hydroxylation is 1. The number of carbonyl (C=O) groups excluding carboxylic acids is 1. The van der Waals surface area contributed by atoms with Crippen LogP contribution in [0.5, 0.6) is 0 Å². The fraction of sp³-hybridized carbons (Fsp3) is 0.154. The number of Topliss-reactive ketones (excluding diaryl/α,β-unsaturated/α-hetero) is 1. The van der Waals surface area contributed by atoms with Gasteiger partial charge in [0, 0.05) is 11.8 Å². The quantitative estimate of drug-likeness (QED) is 0.764. The monoisotopic (exact) mass is 246 g/mol. The first kappa shape index (κ1) is 11.7. The van der Waals surface area contributed by atoms with Gasteiger partial charge in [0.25, 0.3) is 0 Å². The number of ketones is 1. The van der Waals surface area contributed by atoms with Crippen LogP contribution in [0.3, 0.4) is 0 Å². The van der Waals surface area contributed by atoms with Crippen molar-refractivity contribution in [1.29, 1.82) is 0 Å². The van der Waals surface area contributed by atoms with E-state index in [1.54, 1.807) is 19.2 Å². The highest BCUT2D eigenvalue weighted by molar-refractivity contribution is 6.33. The van der Waals surface area contributed by atoms with Crippen LogP contribution in [0.2, 0.25) is 5.02 Å². The molecule has 0 atom stereocenters. The summed E-state index contributed by atoms with van der Waals surface area (Å²) in [6.07, 6.45) is 1.54. The topological polar surface area (TPSA) is 42.9 Å². The average Bonchev–Trinajstić information content (AvgIpc) is 2.29. The second-order valence-electron chi connectivity index (χ2n) is 3.73. The summed E-state index contributed by atoms with van der Waals surface area (Å²) < 4.78 is 0. The third-order valence-corrected chi connectivity index (χ3v) is 2.80. The highest BCUT2D eigenvalue weighted by Gasteiger charge is 2.10. The van der Waals surface area contributed by atoms with Crippen LogP contribution in [0.1, 0.15) is 23.0 Å². The third kappa shape index (κ3) is 2.34. The normalized spacial score (nSPS) is 10.3. The van der Waals surface area contributed by atoms with Gasteiger partial charge in [0.1, 0.15) is 0 Å². The van der Waals surface area contributed by atoms with E-state index in [9.17, 15) is 4.79 Å². The van der Waals surface area contributed by atoms with Crippen LogP contribution in [0.4, 0.5) is 0 Å². The smallest absolute Gasteiger partial charge is 0.163 e. The number of hydrogen-bond donors (Lipinski definition) is 0. The molecule has 0 fully saturated rings. The predicted molar refractivity (Wildman–Crippen MR) is 67.2 cm³/mol. The van der Waals surface area contributed by atoms with E-state index in [-0.39, 0.29) is 5.78 Å². The molecule has 86 valence electrons. The van der Waals surface area contributed by atoms with E-state index in [1.165, 1.54) is 6.92 Å². The Bertz CT molecular complexity index is 581. The van der Waals surface area contributed by atoms with E-state index in [0.717, 1.165) is 5.56 Å². The summed E-state index contributed by atoms with van der Waals surface area (Å²) in [4.78, 5) is 19.8. The molecule has 0 aliphatic heterocycles. The summed E-state index contributed by atoms with van der Waals surface area (Å²) in [7, 11) is 0. The number of nitrogens with zero attached hydrogens (tertiary/aromatic N) is 2. The first-order chi connectivity index (χ1) is 8.09. The molecule has 3 nitrogen and oxygen atoms in total. The summed E-state index contributed by atoms with van der Waals surface area (Å²) in [6, 6.07) is 7.36. The SMILES string of the molecule is CC(=O)c1cnc(-c2ccccc2Cl)nc1C. The molecular weight excluding hydrogens is 236 g/mol. The van der Waals surface area contributed by atoms with Crippen molar-refractivity contribution < 1.29 is 4.79 Å². The van der Waals surface area contributed by atoms with Gasteiger partial charge in [0.05, 0.1) is 16.3 Å². The van der Waals surface area contributed by atoms with Crippen molar-refractivity contribution in [3.8, 4) is 11.4 Å². The Morgan fingerprint density at radius 3 is 2.59 bits per heavy atom. The molecule has 1 aromatic carbocycles. The van der Waals surface area contributed by atoms with Gasteiger partial charge in [-0.25, -0.2) is 9.97 Å². The van der Waals surface area contributed by atoms with Crippen molar-refractivity contribution in [2.75, 3.05) is 0 Å². The molecule has 4 heteroatoms. The average molecular weight is 247 g/mol. The van der Waals surface area contributed by atoms with Crippen molar-refractivity contribution in [3.05, 3.63) is 46.7 Å². The van der Waals surface area contributed by atoms with Crippen LogP contribution in [-0.4, -0.2) is 15.8 Å². The van der Waals surface area contributed by atoms with Gasteiger partial charge >= 0.3 is 0 Å². The zero-order valence-corrected chi connectivity index (χ0v) is 10.3. The van der Waals surface area contributed by atoms with Crippen LogP contribution < -0.4 is 0 Å². The molecule has 1 heterocycles. The fourth-order valence-corrected chi connectivity index (χ4v) is 1.81. The van der Waals surface area contributed by atoms with Gasteiger partial charge in [-0.15, -0.1) is 0 Å². The van der Waals surface area contributed by atoms with Gasteiger partial charge in [-0.1, -0.05) is 23.7 Å². The second-order valence-corrected chi connectivity index (χ2v) is 4.14. The molecule has 0 aliphatic carbocycles. The zero-order chi connectivity index (χ0) is 12.4. The zero-order valence-electron chi connectivity index (χ0n) is 9.57. The Hall–Kier alpha value is -1.74. The van der Waals surface area contributed by atoms with Crippen molar-refractivity contribution in [2.45, 2.75) is 13.8 Å². The molecule has 0 bridgehead atoms. The predicted octanol–water partition coefficient (Wildman–Crippen LogP) is 3.31. The number of carbonyl (C=O) groups is 1. The highest BCUT2D eigenvalue weighted by atomic mass is 35.5. The Morgan fingerprint density at radius 1 is 1.29 bits per heavy atom. The largest absolute Gasteiger partial charge is 0.294 e. The lowest BCUT2D eigenvalue weighted by Crippen LogP contribution is -2.02. The minimum absolute atomic E-state index is 0.0341. The Morgan fingerprint density at radius 2 is 2.00 bits per heavy atom. The van der Waals surface area contributed by atoms with Crippen LogP contribution in [-0.2, 0) is 0 Å². The second kappa shape index (κ2) is 4.63. The molecule has 0 N–H and O–H groups in total. The molecule has 0 saturated carbocycles. The molecule has 2 aromatic rings. The molecule has 0 aliphatic rings. The van der Waals surface area contributed by atoms with Gasteiger partial charge in [-0.2, -0.15) is 0 Å². The van der Waals surface area contributed by atoms with Crippen LogP contribution in [0, 0.1) is 6.92 Å². The van der Waals surface area contributed by atoms with E-state index in [1.807, 2.05) is 18.2 Å². The van der Waals surface area contributed by atoms with Crippen molar-refractivity contribution in [2.24, 2.45) is 0 Å². The first-order valence-electron chi connectivity index (χ1n) is 5.19. The fourth-order valence-electron chi connectivity index (χ4n) is 1.59. The Kier molecular flexibility index (Phi) is 3.20. The lowest BCUT2D eigenvalue weighted by atomic mass is 10.1. The molecule has 0 spiro atoms. The van der Waals surface area contributed by atoms with E-state index in [4.69, 9.17) is 11.6 Å². The summed E-state index contributed by atoms with van der Waals surface area (Å²) >= 11 is 6.07. The van der Waals surface area contributed by atoms with E-state index < -0.39 is 0 Å². The standard InChI is InChI=1S/C13H11ClN2O/c1-8-11(9(2)17)7-15-13(16-8)10-5-3-4-6-12(10)14/h3-7H,1-2H3. The van der Waals surface area contributed by atoms with Gasteiger partial charge in [-0.05, 0) is 26.0 Å². The molecule has 0 saturated heterocycles. The first-order valence-corrected chi connectivity index (χ1v) is 5.57. The minimum atomic E-state index is -0.0341. The maximum Gasteiger partial charge on any atom is 0.163 e. The number of aromatic nitrogens is 2. The van der Waals surface area contributed by atoms with Crippen molar-refractivity contribution >= 4 is 17.4 Å². The molecule has 2 rings (SSSR count). The lowest BCUT2D eigenvalue weighted by molar-refractivity contribution is 0.101. The highest BCUT2D eigenvalue weighted by Crippen LogP contribution is 2.24. The molecule has 17 heavy (non-hydrogen) atoms. The molecule has 1 aromatic heterocycles. The van der Waals surface area contributed by atoms with Gasteiger partial charge in [0.2, 0.25) is 0 Å². The van der Waals surface area contributed by atoms with E-state index >= 15 is 0 Å². The Balaban J connectivity index is 2.52. The number of hydrogen-bond acceptors (Lipinski definition) is 3. The van der Waals surface area contributed by atoms with Crippen molar-refractivity contribution in [1.82, 2.24) is 9.97 Å². The summed E-state index contributed by atoms with van der Waals surface area (Å²) in [6.45, 7) is 3.29. The summed E-state index contributed by atoms with van der Waals surface area (Å²) in [5.74, 6) is 0.506. The van der Waals surface area contributed by atoms with Crippen LogP contribution >= 0.6 is 11.6 Å². The van der Waals surface area contributed by atoms with Gasteiger partial charge < -0.3 is 0 Å². The van der Waals surface area contributed by atoms with Gasteiger partial charge in [-0.3, -0.25) is 4.79 Å². The Labute approximate surface area is 104 Å². The molecule has 0 radical (unpaired) electrons. The number of halogens is 1. The number of rotatable bonds is 2. The van der Waals surface area contributed by atoms with E-state index in [0.29, 0.717) is 22.1 Å².